The first-order chi connectivity index (χ1) is 7.50. The van der Waals surface area contributed by atoms with Gasteiger partial charge in [-0.25, -0.2) is 8.78 Å². The minimum absolute atomic E-state index is 0. The lowest BCUT2D eigenvalue weighted by atomic mass is 9.94. The number of aliphatic carboxylic acids is 1. The SMILES string of the molecule is Cl.O=C(O)C1C=Nc2c(F)cc(F)cc2C1=O. The van der Waals surface area contributed by atoms with Crippen LogP contribution in [0, 0.1) is 17.6 Å². The van der Waals surface area contributed by atoms with Gasteiger partial charge in [0.15, 0.2) is 17.5 Å². The van der Waals surface area contributed by atoms with Crippen molar-refractivity contribution >= 4 is 36.1 Å². The number of rotatable bonds is 1. The van der Waals surface area contributed by atoms with E-state index in [1.165, 1.54) is 0 Å². The van der Waals surface area contributed by atoms with Gasteiger partial charge in [0.1, 0.15) is 11.5 Å². The standard InChI is InChI=1S/C10H5F2NO3.ClH/c11-4-1-5-8(7(12)2-4)13-3-6(9(5)14)10(15)16;/h1-3,6H,(H,15,16);1H. The van der Waals surface area contributed by atoms with Gasteiger partial charge in [0.25, 0.3) is 0 Å². The number of hydrogen-bond donors (Lipinski definition) is 1. The second-order valence-electron chi connectivity index (χ2n) is 3.24. The summed E-state index contributed by atoms with van der Waals surface area (Å²) in [4.78, 5) is 25.7. The minimum atomic E-state index is -1.48. The number of benzene rings is 1. The van der Waals surface area contributed by atoms with Crippen LogP contribution in [-0.4, -0.2) is 23.1 Å². The lowest BCUT2D eigenvalue weighted by Crippen LogP contribution is -2.27. The first-order valence-electron chi connectivity index (χ1n) is 4.31. The summed E-state index contributed by atoms with van der Waals surface area (Å²) in [6, 6.07) is 1.37. The molecule has 0 aliphatic carbocycles. The second-order valence-corrected chi connectivity index (χ2v) is 3.24. The van der Waals surface area contributed by atoms with E-state index in [0.717, 1.165) is 12.3 Å². The second kappa shape index (κ2) is 4.58. The van der Waals surface area contributed by atoms with Gasteiger partial charge in [0.05, 0.1) is 5.56 Å². The molecule has 1 unspecified atom stereocenters. The predicted molar refractivity (Wildman–Crippen MR) is 57.2 cm³/mol. The third-order valence-electron chi connectivity index (χ3n) is 2.19. The fourth-order valence-electron chi connectivity index (χ4n) is 1.45. The molecule has 0 aromatic heterocycles. The van der Waals surface area contributed by atoms with E-state index in [-0.39, 0.29) is 23.7 Å². The average Bonchev–Trinajstić information content (AvgIpc) is 2.19. The molecule has 0 radical (unpaired) electrons. The van der Waals surface area contributed by atoms with Crippen LogP contribution in [0.3, 0.4) is 0 Å². The molecule has 0 saturated heterocycles. The molecule has 1 aliphatic heterocycles. The number of ketones is 1. The zero-order valence-corrected chi connectivity index (χ0v) is 9.00. The summed E-state index contributed by atoms with van der Waals surface area (Å²) in [5, 5.41) is 8.67. The van der Waals surface area contributed by atoms with Gasteiger partial charge < -0.3 is 5.11 Å². The number of carbonyl (C=O) groups excluding carboxylic acids is 1. The van der Waals surface area contributed by atoms with Gasteiger partial charge in [-0.1, -0.05) is 0 Å². The van der Waals surface area contributed by atoms with E-state index in [2.05, 4.69) is 4.99 Å². The summed E-state index contributed by atoms with van der Waals surface area (Å²) in [6.07, 6.45) is 0.841. The Morgan fingerprint density at radius 2 is 2.00 bits per heavy atom. The number of hydrogen-bond acceptors (Lipinski definition) is 3. The Balaban J connectivity index is 0.00000144. The summed E-state index contributed by atoms with van der Waals surface area (Å²) in [5.74, 6) is -5.66. The highest BCUT2D eigenvalue weighted by Crippen LogP contribution is 2.30. The maximum atomic E-state index is 13.2. The Labute approximate surface area is 100 Å². The number of halogens is 3. The minimum Gasteiger partial charge on any atom is -0.480 e. The molecule has 0 amide bonds. The van der Waals surface area contributed by atoms with Gasteiger partial charge >= 0.3 is 5.97 Å². The van der Waals surface area contributed by atoms with Gasteiger partial charge in [-0.05, 0) is 6.07 Å². The van der Waals surface area contributed by atoms with Gasteiger partial charge in [-0.2, -0.15) is 0 Å². The molecule has 1 atom stereocenters. The van der Waals surface area contributed by atoms with Crippen LogP contribution < -0.4 is 0 Å². The van der Waals surface area contributed by atoms with Crippen molar-refractivity contribution in [1.82, 2.24) is 0 Å². The molecule has 1 aromatic rings. The fourth-order valence-corrected chi connectivity index (χ4v) is 1.45. The van der Waals surface area contributed by atoms with E-state index < -0.39 is 29.3 Å². The van der Waals surface area contributed by atoms with E-state index in [0.29, 0.717) is 6.07 Å². The Hall–Kier alpha value is -1.82. The van der Waals surface area contributed by atoms with Crippen molar-refractivity contribution in [2.45, 2.75) is 0 Å². The summed E-state index contributed by atoms with van der Waals surface area (Å²) in [5.41, 5.74) is -0.656. The van der Waals surface area contributed by atoms with Crippen LogP contribution in [0.25, 0.3) is 0 Å². The zero-order chi connectivity index (χ0) is 11.9. The van der Waals surface area contributed by atoms with E-state index in [9.17, 15) is 18.4 Å². The number of Topliss-reactive ketones (excluding diaryl/α,β-unsaturated/α-hetero) is 1. The molecule has 7 heteroatoms. The smallest absolute Gasteiger partial charge is 0.319 e. The monoisotopic (exact) mass is 261 g/mol. The highest BCUT2D eigenvalue weighted by Gasteiger charge is 2.32. The van der Waals surface area contributed by atoms with E-state index in [1.807, 2.05) is 0 Å². The molecule has 0 saturated carbocycles. The van der Waals surface area contributed by atoms with Crippen molar-refractivity contribution in [1.29, 1.82) is 0 Å². The summed E-state index contributed by atoms with van der Waals surface area (Å²) in [7, 11) is 0. The van der Waals surface area contributed by atoms with Crippen molar-refractivity contribution in [2.75, 3.05) is 0 Å². The summed E-state index contributed by atoms with van der Waals surface area (Å²) < 4.78 is 26.0. The fraction of sp³-hybridized carbons (Fsp3) is 0.100. The zero-order valence-electron chi connectivity index (χ0n) is 8.18. The van der Waals surface area contributed by atoms with Crippen molar-refractivity contribution in [3.8, 4) is 0 Å². The highest BCUT2D eigenvalue weighted by atomic mass is 35.5. The number of carboxylic acid groups (broad SMARTS) is 1. The van der Waals surface area contributed by atoms with Crippen molar-refractivity contribution in [3.63, 3.8) is 0 Å². The van der Waals surface area contributed by atoms with Gasteiger partial charge in [-0.3, -0.25) is 14.6 Å². The quantitative estimate of drug-likeness (QED) is 0.786. The predicted octanol–water partition coefficient (Wildman–Crippen LogP) is 1.99. The molecule has 1 aromatic carbocycles. The Bertz CT molecular complexity index is 531. The van der Waals surface area contributed by atoms with E-state index >= 15 is 0 Å². The molecule has 1 N–H and O–H groups in total. The first-order valence-corrected chi connectivity index (χ1v) is 4.31. The largest absolute Gasteiger partial charge is 0.480 e. The normalized spacial score (nSPS) is 17.3. The topological polar surface area (TPSA) is 66.7 Å². The number of carbonyl (C=O) groups is 2. The number of fused-ring (bicyclic) bond motifs is 1. The summed E-state index contributed by atoms with van der Waals surface area (Å²) in [6.45, 7) is 0. The third-order valence-corrected chi connectivity index (χ3v) is 2.19. The van der Waals surface area contributed by atoms with Crippen molar-refractivity contribution in [3.05, 3.63) is 29.3 Å². The lowest BCUT2D eigenvalue weighted by Gasteiger charge is -2.14. The average molecular weight is 262 g/mol. The third kappa shape index (κ3) is 2.16. The van der Waals surface area contributed by atoms with Crippen LogP contribution in [0.4, 0.5) is 14.5 Å². The van der Waals surface area contributed by atoms with Crippen LogP contribution >= 0.6 is 12.4 Å². The molecule has 0 bridgehead atoms. The van der Waals surface area contributed by atoms with Crippen LogP contribution in [0.1, 0.15) is 10.4 Å². The molecular formula is C10H6ClF2NO3. The first kappa shape index (κ1) is 13.2. The Morgan fingerprint density at radius 1 is 1.35 bits per heavy atom. The maximum Gasteiger partial charge on any atom is 0.319 e. The molecule has 0 fully saturated rings. The molecule has 17 heavy (non-hydrogen) atoms. The summed E-state index contributed by atoms with van der Waals surface area (Å²) >= 11 is 0. The maximum absolute atomic E-state index is 13.2. The molecule has 0 spiro atoms. The lowest BCUT2D eigenvalue weighted by molar-refractivity contribution is -0.137. The van der Waals surface area contributed by atoms with E-state index in [1.54, 1.807) is 0 Å². The molecule has 2 rings (SSSR count). The Morgan fingerprint density at radius 3 is 2.59 bits per heavy atom. The van der Waals surface area contributed by atoms with Crippen LogP contribution in [-0.2, 0) is 4.79 Å². The molecular weight excluding hydrogens is 256 g/mol. The number of carboxylic acids is 1. The Kier molecular flexibility index (Phi) is 3.57. The van der Waals surface area contributed by atoms with Crippen molar-refractivity contribution in [2.24, 2.45) is 10.9 Å². The molecule has 90 valence electrons. The van der Waals surface area contributed by atoms with Gasteiger partial charge in [-0.15, -0.1) is 12.4 Å². The molecule has 1 aliphatic rings. The van der Waals surface area contributed by atoms with E-state index in [4.69, 9.17) is 5.11 Å². The highest BCUT2D eigenvalue weighted by molar-refractivity contribution is 6.22. The van der Waals surface area contributed by atoms with Crippen molar-refractivity contribution < 1.29 is 23.5 Å². The van der Waals surface area contributed by atoms with Gasteiger partial charge in [0.2, 0.25) is 0 Å². The number of aliphatic imine (C=N–C) groups is 1. The van der Waals surface area contributed by atoms with Crippen LogP contribution in [0.5, 0.6) is 0 Å². The molecule has 4 nitrogen and oxygen atoms in total. The van der Waals surface area contributed by atoms with Crippen LogP contribution in [0.15, 0.2) is 17.1 Å². The van der Waals surface area contributed by atoms with Crippen LogP contribution in [0.2, 0.25) is 0 Å². The van der Waals surface area contributed by atoms with Gasteiger partial charge in [0, 0.05) is 12.3 Å². The molecule has 1 heterocycles. The number of nitrogens with zero attached hydrogens (tertiary/aromatic N) is 1.